The normalized spacial score (nSPS) is 22.7. The zero-order valence-corrected chi connectivity index (χ0v) is 18.2. The van der Waals surface area contributed by atoms with E-state index in [9.17, 15) is 14.4 Å². The molecule has 0 aliphatic heterocycles. The van der Waals surface area contributed by atoms with Crippen molar-refractivity contribution in [1.29, 1.82) is 0 Å². The van der Waals surface area contributed by atoms with Crippen molar-refractivity contribution in [3.05, 3.63) is 108 Å². The predicted molar refractivity (Wildman–Crippen MR) is 129 cm³/mol. The lowest BCUT2D eigenvalue weighted by atomic mass is 10.0. The fraction of sp³-hybridized carbons (Fsp3) is 0.222. The van der Waals surface area contributed by atoms with Crippen LogP contribution in [-0.2, 0) is 0 Å². The van der Waals surface area contributed by atoms with Gasteiger partial charge in [0.1, 0.15) is 0 Å². The molecule has 3 N–H and O–H groups in total. The van der Waals surface area contributed by atoms with Gasteiger partial charge in [-0.3, -0.25) is 14.4 Å². The highest BCUT2D eigenvalue weighted by Gasteiger charge is 2.20. The van der Waals surface area contributed by atoms with Gasteiger partial charge < -0.3 is 16.0 Å². The van der Waals surface area contributed by atoms with E-state index in [1.165, 1.54) is 18.2 Å². The molecule has 3 aliphatic carbocycles. The van der Waals surface area contributed by atoms with Crippen LogP contribution >= 0.6 is 0 Å². The second-order valence-electron chi connectivity index (χ2n) is 8.19. The van der Waals surface area contributed by atoms with Crippen molar-refractivity contribution in [2.45, 2.75) is 37.4 Å². The fourth-order valence-corrected chi connectivity index (χ4v) is 3.84. The summed E-state index contributed by atoms with van der Waals surface area (Å²) in [6.07, 6.45) is 25.2. The second-order valence-corrected chi connectivity index (χ2v) is 8.19. The number of benzene rings is 1. The minimum atomic E-state index is -0.329. The Hall–Kier alpha value is -3.93. The van der Waals surface area contributed by atoms with Crippen LogP contribution in [0, 0.1) is 0 Å². The minimum absolute atomic E-state index is 0.129. The highest BCUT2D eigenvalue weighted by molar-refractivity contribution is 6.04. The fourth-order valence-electron chi connectivity index (χ4n) is 3.84. The SMILES string of the molecule is O=C(NC1C=CC=CC1)c1cc(C(=O)NC2C=CC=CC2)cc(C(=O)NC2C=CC=CC2)c1. The monoisotopic (exact) mass is 441 g/mol. The van der Waals surface area contributed by atoms with Gasteiger partial charge in [-0.05, 0) is 37.5 Å². The Bertz CT molecular complexity index is 957. The third-order valence-corrected chi connectivity index (χ3v) is 5.61. The lowest BCUT2D eigenvalue weighted by molar-refractivity contribution is 0.0943. The number of carbonyl (C=O) groups is 3. The van der Waals surface area contributed by atoms with Crippen LogP contribution in [0.4, 0.5) is 0 Å². The van der Waals surface area contributed by atoms with E-state index in [1.54, 1.807) is 0 Å². The van der Waals surface area contributed by atoms with Crippen LogP contribution in [-0.4, -0.2) is 35.8 Å². The first-order chi connectivity index (χ1) is 16.1. The van der Waals surface area contributed by atoms with Gasteiger partial charge in [0, 0.05) is 16.7 Å². The summed E-state index contributed by atoms with van der Waals surface area (Å²) in [5.74, 6) is -0.987. The zero-order valence-electron chi connectivity index (χ0n) is 18.2. The van der Waals surface area contributed by atoms with E-state index in [0.29, 0.717) is 19.3 Å². The highest BCUT2D eigenvalue weighted by Crippen LogP contribution is 2.15. The van der Waals surface area contributed by atoms with E-state index in [-0.39, 0.29) is 52.5 Å². The van der Waals surface area contributed by atoms with Crippen molar-refractivity contribution >= 4 is 17.7 Å². The first kappa shape index (κ1) is 22.3. The van der Waals surface area contributed by atoms with Crippen molar-refractivity contribution in [2.75, 3.05) is 0 Å². The average molecular weight is 442 g/mol. The summed E-state index contributed by atoms with van der Waals surface area (Å²) in [7, 11) is 0. The van der Waals surface area contributed by atoms with Crippen LogP contribution in [0.25, 0.3) is 0 Å². The van der Waals surface area contributed by atoms with Crippen LogP contribution in [0.1, 0.15) is 50.3 Å². The molecule has 0 fully saturated rings. The van der Waals surface area contributed by atoms with Gasteiger partial charge in [0.25, 0.3) is 17.7 Å². The summed E-state index contributed by atoms with van der Waals surface area (Å²) in [6.45, 7) is 0. The lowest BCUT2D eigenvalue weighted by Crippen LogP contribution is -2.36. The summed E-state index contributed by atoms with van der Waals surface area (Å²) in [4.78, 5) is 38.9. The Kier molecular flexibility index (Phi) is 7.15. The molecular weight excluding hydrogens is 414 g/mol. The zero-order chi connectivity index (χ0) is 23.0. The molecule has 0 aromatic heterocycles. The first-order valence-electron chi connectivity index (χ1n) is 11.2. The topological polar surface area (TPSA) is 87.3 Å². The van der Waals surface area contributed by atoms with E-state index in [4.69, 9.17) is 0 Å². The van der Waals surface area contributed by atoms with Crippen molar-refractivity contribution in [3.8, 4) is 0 Å². The smallest absolute Gasteiger partial charge is 0.251 e. The number of allylic oxidation sites excluding steroid dienone is 6. The minimum Gasteiger partial charge on any atom is -0.346 e. The molecule has 33 heavy (non-hydrogen) atoms. The molecule has 0 bridgehead atoms. The van der Waals surface area contributed by atoms with Crippen LogP contribution in [0.3, 0.4) is 0 Å². The molecule has 0 spiro atoms. The van der Waals surface area contributed by atoms with E-state index in [1.807, 2.05) is 72.9 Å². The Morgan fingerprint density at radius 2 is 0.818 bits per heavy atom. The maximum Gasteiger partial charge on any atom is 0.251 e. The molecule has 4 rings (SSSR count). The second kappa shape index (κ2) is 10.6. The molecule has 3 aliphatic rings. The van der Waals surface area contributed by atoms with Crippen LogP contribution in [0.15, 0.2) is 91.1 Å². The highest BCUT2D eigenvalue weighted by atomic mass is 16.2. The number of carbonyl (C=O) groups excluding carboxylic acids is 3. The molecule has 1 aromatic rings. The molecule has 3 atom stereocenters. The van der Waals surface area contributed by atoms with E-state index in [2.05, 4.69) is 16.0 Å². The molecule has 1 aromatic carbocycles. The predicted octanol–water partition coefficient (Wildman–Crippen LogP) is 3.53. The molecule has 0 saturated heterocycles. The maximum atomic E-state index is 13.0. The van der Waals surface area contributed by atoms with Gasteiger partial charge in [-0.2, -0.15) is 0 Å². The van der Waals surface area contributed by atoms with Gasteiger partial charge in [-0.1, -0.05) is 72.9 Å². The summed E-state index contributed by atoms with van der Waals surface area (Å²) in [5.41, 5.74) is 0.816. The van der Waals surface area contributed by atoms with Crippen molar-refractivity contribution in [3.63, 3.8) is 0 Å². The standard InChI is InChI=1S/C27H27N3O3/c31-25(28-22-10-4-1-5-11-22)19-16-20(26(32)29-23-12-6-2-7-13-23)18-21(17-19)27(33)30-24-14-8-3-9-15-24/h1-10,12,14,16-18,22-24H,11,13,15H2,(H,28,31)(H,29,32)(H,30,33). The number of amides is 3. The first-order valence-corrected chi connectivity index (χ1v) is 11.2. The Labute approximate surface area is 193 Å². The quantitative estimate of drug-likeness (QED) is 0.631. The Morgan fingerprint density at radius 3 is 1.06 bits per heavy atom. The number of rotatable bonds is 6. The molecule has 0 radical (unpaired) electrons. The molecule has 3 amide bonds. The average Bonchev–Trinajstić information content (AvgIpc) is 2.85. The van der Waals surface area contributed by atoms with Crippen molar-refractivity contribution in [1.82, 2.24) is 16.0 Å². The number of hydrogen-bond acceptors (Lipinski definition) is 3. The van der Waals surface area contributed by atoms with Crippen LogP contribution in [0.5, 0.6) is 0 Å². The molecule has 0 saturated carbocycles. The Balaban J connectivity index is 1.56. The Morgan fingerprint density at radius 1 is 0.515 bits per heavy atom. The molecule has 0 heterocycles. The van der Waals surface area contributed by atoms with E-state index in [0.717, 1.165) is 0 Å². The lowest BCUT2D eigenvalue weighted by Gasteiger charge is -2.19. The summed E-state index contributed by atoms with van der Waals surface area (Å²) >= 11 is 0. The number of nitrogens with one attached hydrogen (secondary N) is 3. The summed E-state index contributed by atoms with van der Waals surface area (Å²) in [5, 5.41) is 8.85. The van der Waals surface area contributed by atoms with E-state index < -0.39 is 0 Å². The van der Waals surface area contributed by atoms with Gasteiger partial charge in [0.15, 0.2) is 0 Å². The van der Waals surface area contributed by atoms with Crippen LogP contribution in [0.2, 0.25) is 0 Å². The molecule has 6 heteroatoms. The molecule has 3 unspecified atom stereocenters. The number of hydrogen-bond donors (Lipinski definition) is 3. The molecule has 168 valence electrons. The molecular formula is C27H27N3O3. The molecule has 6 nitrogen and oxygen atoms in total. The third kappa shape index (κ3) is 6.07. The summed E-state index contributed by atoms with van der Waals surface area (Å²) in [6, 6.07) is 4.22. The largest absolute Gasteiger partial charge is 0.346 e. The van der Waals surface area contributed by atoms with Gasteiger partial charge >= 0.3 is 0 Å². The summed E-state index contributed by atoms with van der Waals surface area (Å²) < 4.78 is 0. The van der Waals surface area contributed by atoms with E-state index >= 15 is 0 Å². The van der Waals surface area contributed by atoms with Gasteiger partial charge in [0.05, 0.1) is 18.1 Å². The van der Waals surface area contributed by atoms with Gasteiger partial charge in [-0.15, -0.1) is 0 Å². The third-order valence-electron chi connectivity index (χ3n) is 5.61. The van der Waals surface area contributed by atoms with Crippen LogP contribution < -0.4 is 16.0 Å². The van der Waals surface area contributed by atoms with Gasteiger partial charge in [-0.25, -0.2) is 0 Å². The van der Waals surface area contributed by atoms with Gasteiger partial charge in [0.2, 0.25) is 0 Å². The van der Waals surface area contributed by atoms with Crippen molar-refractivity contribution < 1.29 is 14.4 Å². The van der Waals surface area contributed by atoms with Crippen molar-refractivity contribution in [2.24, 2.45) is 0 Å². The maximum absolute atomic E-state index is 13.0.